The Morgan fingerprint density at radius 1 is 1.19 bits per heavy atom. The van der Waals surface area contributed by atoms with Gasteiger partial charge in [0.15, 0.2) is 11.6 Å². The number of benzene rings is 1. The average Bonchev–Trinajstić information content (AvgIpc) is 3.23. The molecule has 0 atom stereocenters. The van der Waals surface area contributed by atoms with E-state index < -0.39 is 5.91 Å². The number of nitrogens with zero attached hydrogens (tertiary/aromatic N) is 6. The van der Waals surface area contributed by atoms with Crippen LogP contribution in [0.1, 0.15) is 21.9 Å². The minimum absolute atomic E-state index is 0.0516. The van der Waals surface area contributed by atoms with Crippen LogP contribution in [0.5, 0.6) is 0 Å². The maximum atomic E-state index is 12.3. The van der Waals surface area contributed by atoms with Crippen LogP contribution in [0.4, 0.5) is 0 Å². The number of likely N-dealkylation sites (N-methyl/N-ethyl adjacent to an activating group) is 1. The van der Waals surface area contributed by atoms with E-state index in [9.17, 15) is 9.59 Å². The molecule has 2 amide bonds. The first-order valence-electron chi connectivity index (χ1n) is 8.61. The first-order chi connectivity index (χ1) is 13.0. The van der Waals surface area contributed by atoms with Crippen molar-refractivity contribution in [3.8, 4) is 11.5 Å². The lowest BCUT2D eigenvalue weighted by Crippen LogP contribution is -2.37. The Kier molecular flexibility index (Phi) is 4.19. The molecular weight excluding hydrogens is 346 g/mol. The predicted molar refractivity (Wildman–Crippen MR) is 96.6 cm³/mol. The molecule has 0 saturated heterocycles. The molecule has 0 aliphatic carbocycles. The van der Waals surface area contributed by atoms with E-state index in [2.05, 4.69) is 15.2 Å². The van der Waals surface area contributed by atoms with E-state index in [1.54, 1.807) is 27.4 Å². The zero-order chi connectivity index (χ0) is 19.0. The number of carbonyl (C=O) groups excluding carboxylic acids is 2. The second-order valence-electron chi connectivity index (χ2n) is 6.50. The quantitative estimate of drug-likeness (QED) is 0.699. The van der Waals surface area contributed by atoms with Gasteiger partial charge in [-0.05, 0) is 5.56 Å². The molecule has 0 bridgehead atoms. The Morgan fingerprint density at radius 2 is 1.96 bits per heavy atom. The molecule has 2 N–H and O–H groups in total. The summed E-state index contributed by atoms with van der Waals surface area (Å²) in [5.41, 5.74) is 7.39. The minimum atomic E-state index is -0.501. The molecule has 0 saturated carbocycles. The molecule has 0 spiro atoms. The van der Waals surface area contributed by atoms with Gasteiger partial charge in [0.25, 0.3) is 5.91 Å². The van der Waals surface area contributed by atoms with Crippen LogP contribution < -0.4 is 5.73 Å². The van der Waals surface area contributed by atoms with E-state index in [0.29, 0.717) is 42.7 Å². The van der Waals surface area contributed by atoms with Crippen LogP contribution in [-0.2, 0) is 24.3 Å². The highest BCUT2D eigenvalue weighted by atomic mass is 16.2. The Balaban J connectivity index is 1.75. The molecule has 9 heteroatoms. The molecule has 9 nitrogen and oxygen atoms in total. The third-order valence-corrected chi connectivity index (χ3v) is 4.45. The summed E-state index contributed by atoms with van der Waals surface area (Å²) in [7, 11) is 1.77. The highest BCUT2D eigenvalue weighted by Crippen LogP contribution is 2.21. The van der Waals surface area contributed by atoms with Crippen molar-refractivity contribution in [1.82, 2.24) is 29.4 Å². The number of rotatable bonds is 5. The molecule has 138 valence electrons. The van der Waals surface area contributed by atoms with Gasteiger partial charge in [0, 0.05) is 19.7 Å². The number of nitrogens with two attached hydrogens (primary N) is 1. The first-order valence-corrected chi connectivity index (χ1v) is 8.61. The average molecular weight is 365 g/mol. The van der Waals surface area contributed by atoms with Crippen LogP contribution in [0.2, 0.25) is 0 Å². The van der Waals surface area contributed by atoms with Gasteiger partial charge in [0.2, 0.25) is 5.91 Å². The summed E-state index contributed by atoms with van der Waals surface area (Å²) in [5.74, 6) is 0.265. The topological polar surface area (TPSA) is 112 Å². The van der Waals surface area contributed by atoms with Crippen molar-refractivity contribution in [3.63, 3.8) is 0 Å². The molecule has 3 aromatic rings. The molecule has 0 unspecified atom stereocenters. The maximum Gasteiger partial charge on any atom is 0.271 e. The Hall–Kier alpha value is -3.49. The van der Waals surface area contributed by atoms with E-state index in [-0.39, 0.29) is 12.3 Å². The van der Waals surface area contributed by atoms with Gasteiger partial charge in [-0.25, -0.2) is 9.67 Å². The molecule has 1 aromatic carbocycles. The number of hydrogen-bond donors (Lipinski definition) is 1. The number of aromatic nitrogens is 5. The summed E-state index contributed by atoms with van der Waals surface area (Å²) in [6.45, 7) is 1.70. The predicted octanol–water partition coefficient (Wildman–Crippen LogP) is 0.303. The highest BCUT2D eigenvalue weighted by molar-refractivity contribution is 5.94. The van der Waals surface area contributed by atoms with E-state index in [4.69, 9.17) is 5.73 Å². The Bertz CT molecular complexity index is 1010. The maximum absolute atomic E-state index is 12.3. The second kappa shape index (κ2) is 6.67. The lowest BCUT2D eigenvalue weighted by Gasteiger charge is -2.22. The lowest BCUT2D eigenvalue weighted by molar-refractivity contribution is -0.117. The summed E-state index contributed by atoms with van der Waals surface area (Å²) in [6.07, 6.45) is -0.0516. The summed E-state index contributed by atoms with van der Waals surface area (Å²) in [5, 5.41) is 8.95. The number of hydrogen-bond acceptors (Lipinski definition) is 5. The van der Waals surface area contributed by atoms with E-state index in [1.807, 2.05) is 30.3 Å². The van der Waals surface area contributed by atoms with Crippen LogP contribution in [0.3, 0.4) is 0 Å². The van der Waals surface area contributed by atoms with Crippen LogP contribution >= 0.6 is 0 Å². The van der Waals surface area contributed by atoms with Crippen LogP contribution in [0.15, 0.2) is 36.4 Å². The zero-order valence-electron chi connectivity index (χ0n) is 14.9. The fourth-order valence-corrected chi connectivity index (χ4v) is 3.09. The van der Waals surface area contributed by atoms with Gasteiger partial charge in [-0.15, -0.1) is 0 Å². The third-order valence-electron chi connectivity index (χ3n) is 4.45. The van der Waals surface area contributed by atoms with E-state index in [0.717, 1.165) is 5.56 Å². The van der Waals surface area contributed by atoms with Crippen LogP contribution in [-0.4, -0.2) is 54.9 Å². The second-order valence-corrected chi connectivity index (χ2v) is 6.50. The largest absolute Gasteiger partial charge is 0.369 e. The standard InChI is InChI=1S/C18H19N7O2/c1-23-7-8-24-14(18(23)27)9-13(21-24)17-20-16(10-15(19)26)22-25(17)11-12-5-3-2-4-6-12/h2-6,9H,7-8,10-11H2,1H3,(H2,19,26). The Labute approximate surface area is 155 Å². The fourth-order valence-electron chi connectivity index (χ4n) is 3.09. The molecule has 0 fully saturated rings. The lowest BCUT2D eigenvalue weighted by atomic mass is 10.2. The minimum Gasteiger partial charge on any atom is -0.369 e. The SMILES string of the molecule is CN1CCn2nc(-c3nc(CC(N)=O)nn3Cc3ccccc3)cc2C1=O. The molecule has 3 heterocycles. The molecule has 27 heavy (non-hydrogen) atoms. The smallest absolute Gasteiger partial charge is 0.271 e. The van der Waals surface area contributed by atoms with Gasteiger partial charge in [-0.2, -0.15) is 10.2 Å². The van der Waals surface area contributed by atoms with E-state index >= 15 is 0 Å². The summed E-state index contributed by atoms with van der Waals surface area (Å²) >= 11 is 0. The van der Waals surface area contributed by atoms with Gasteiger partial charge in [-0.3, -0.25) is 14.3 Å². The fraction of sp³-hybridized carbons (Fsp3) is 0.278. The number of amides is 2. The normalized spacial score (nSPS) is 13.7. The van der Waals surface area contributed by atoms with Crippen molar-refractivity contribution in [2.45, 2.75) is 19.5 Å². The molecule has 1 aliphatic rings. The third kappa shape index (κ3) is 3.31. The van der Waals surface area contributed by atoms with Crippen molar-refractivity contribution in [1.29, 1.82) is 0 Å². The number of fused-ring (bicyclic) bond motifs is 1. The van der Waals surface area contributed by atoms with Gasteiger partial charge < -0.3 is 10.6 Å². The summed E-state index contributed by atoms with van der Waals surface area (Å²) < 4.78 is 3.38. The van der Waals surface area contributed by atoms with Crippen molar-refractivity contribution in [2.75, 3.05) is 13.6 Å². The monoisotopic (exact) mass is 365 g/mol. The van der Waals surface area contributed by atoms with Crippen LogP contribution in [0.25, 0.3) is 11.5 Å². The van der Waals surface area contributed by atoms with Crippen LogP contribution in [0, 0.1) is 0 Å². The molecule has 2 aromatic heterocycles. The van der Waals surface area contributed by atoms with Crippen molar-refractivity contribution in [3.05, 3.63) is 53.5 Å². The van der Waals surface area contributed by atoms with Gasteiger partial charge in [0.1, 0.15) is 11.4 Å². The van der Waals surface area contributed by atoms with Crippen molar-refractivity contribution in [2.24, 2.45) is 5.73 Å². The highest BCUT2D eigenvalue weighted by Gasteiger charge is 2.26. The van der Waals surface area contributed by atoms with E-state index in [1.165, 1.54) is 0 Å². The molecule has 0 radical (unpaired) electrons. The zero-order valence-corrected chi connectivity index (χ0v) is 14.9. The van der Waals surface area contributed by atoms with Gasteiger partial charge >= 0.3 is 0 Å². The van der Waals surface area contributed by atoms with Crippen molar-refractivity contribution >= 4 is 11.8 Å². The molecule has 1 aliphatic heterocycles. The number of carbonyl (C=O) groups is 2. The Morgan fingerprint density at radius 3 is 2.70 bits per heavy atom. The molecular formula is C18H19N7O2. The van der Waals surface area contributed by atoms with Crippen molar-refractivity contribution < 1.29 is 9.59 Å². The summed E-state index contributed by atoms with van der Waals surface area (Å²) in [6, 6.07) is 11.5. The van der Waals surface area contributed by atoms with Gasteiger partial charge in [0.05, 0.1) is 19.5 Å². The first kappa shape index (κ1) is 17.0. The van der Waals surface area contributed by atoms with Gasteiger partial charge in [-0.1, -0.05) is 30.3 Å². The number of primary amides is 1. The summed E-state index contributed by atoms with van der Waals surface area (Å²) in [4.78, 5) is 29.7. The molecule has 4 rings (SSSR count).